The van der Waals surface area contributed by atoms with E-state index in [0.29, 0.717) is 12.8 Å². The average molecular weight is 402 g/mol. The van der Waals surface area contributed by atoms with Gasteiger partial charge in [0.05, 0.1) is 0 Å². The first kappa shape index (κ1) is 23.8. The number of rotatable bonds is 2. The normalized spacial score (nSPS) is 14.2. The molecule has 28 heavy (non-hydrogen) atoms. The van der Waals surface area contributed by atoms with Crippen LogP contribution in [0.25, 0.3) is 0 Å². The number of carbonyl (C=O) groups is 2. The van der Waals surface area contributed by atoms with Crippen LogP contribution in [-0.2, 0) is 28.9 Å². The van der Waals surface area contributed by atoms with Crippen LogP contribution in [0.4, 0.5) is 18.0 Å². The molecule has 0 saturated carbocycles. The highest BCUT2D eigenvalue weighted by Gasteiger charge is 2.42. The summed E-state index contributed by atoms with van der Waals surface area (Å²) < 4.78 is 43.0. The first-order valence-electron chi connectivity index (χ1n) is 9.39. The van der Waals surface area contributed by atoms with Crippen molar-refractivity contribution in [2.75, 3.05) is 13.1 Å². The molecular weight excluding hydrogens is 373 g/mol. The number of alkyl halides is 3. The largest absolute Gasteiger partial charge is 0.471 e. The molecule has 2 rings (SSSR count). The van der Waals surface area contributed by atoms with Crippen LogP contribution in [0, 0.1) is 0 Å². The van der Waals surface area contributed by atoms with Gasteiger partial charge in [-0.2, -0.15) is 13.2 Å². The fraction of sp³-hybridized carbons (Fsp3) is 0.600. The molecule has 1 N–H and O–H groups in total. The van der Waals surface area contributed by atoms with E-state index in [2.05, 4.69) is 5.32 Å². The summed E-state index contributed by atoms with van der Waals surface area (Å²) in [6, 6.07) is 5.51. The minimum absolute atomic E-state index is 0.0221. The highest BCUT2D eigenvalue weighted by atomic mass is 19.4. The minimum Gasteiger partial charge on any atom is -0.444 e. The molecule has 0 fully saturated rings. The zero-order chi connectivity index (χ0) is 21.5. The number of carbonyl (C=O) groups excluding carboxylic acids is 2. The maximum atomic E-state index is 12.6. The van der Waals surface area contributed by atoms with Crippen LogP contribution in [0.2, 0.25) is 0 Å². The Morgan fingerprint density at radius 1 is 1.07 bits per heavy atom. The third kappa shape index (κ3) is 7.40. The lowest BCUT2D eigenvalue weighted by Gasteiger charge is -2.21. The van der Waals surface area contributed by atoms with Crippen LogP contribution < -0.4 is 5.32 Å². The number of fused-ring (bicyclic) bond motifs is 1. The number of alkyl carbamates (subject to hydrolysis) is 1. The van der Waals surface area contributed by atoms with Gasteiger partial charge in [-0.15, -0.1) is 0 Å². The zero-order valence-electron chi connectivity index (χ0n) is 17.1. The second-order valence-corrected chi connectivity index (χ2v) is 7.25. The quantitative estimate of drug-likeness (QED) is 0.806. The molecule has 1 aromatic carbocycles. The summed E-state index contributed by atoms with van der Waals surface area (Å²) in [4.78, 5) is 24.0. The van der Waals surface area contributed by atoms with E-state index < -0.39 is 23.8 Å². The lowest BCUT2D eigenvalue weighted by Crippen LogP contribution is -2.42. The second kappa shape index (κ2) is 9.80. The van der Waals surface area contributed by atoms with E-state index in [-0.39, 0.29) is 19.6 Å². The highest BCUT2D eigenvalue weighted by molar-refractivity contribution is 5.82. The Bertz CT molecular complexity index is 682. The first-order valence-corrected chi connectivity index (χ1v) is 9.39. The molecule has 1 aliphatic heterocycles. The van der Waals surface area contributed by atoms with Gasteiger partial charge in [0.25, 0.3) is 0 Å². The predicted molar refractivity (Wildman–Crippen MR) is 101 cm³/mol. The molecule has 1 aromatic rings. The van der Waals surface area contributed by atoms with Gasteiger partial charge in [0.15, 0.2) is 0 Å². The lowest BCUT2D eigenvalue weighted by molar-refractivity contribution is -0.185. The number of nitrogens with zero attached hydrogens (tertiary/aromatic N) is 1. The first-order chi connectivity index (χ1) is 13.0. The van der Waals surface area contributed by atoms with E-state index >= 15 is 0 Å². The summed E-state index contributed by atoms with van der Waals surface area (Å²) >= 11 is 0. The molecule has 0 spiro atoms. The van der Waals surface area contributed by atoms with Crippen LogP contribution in [-0.4, -0.2) is 41.8 Å². The fourth-order valence-corrected chi connectivity index (χ4v) is 2.76. The Kier molecular flexibility index (Phi) is 8.32. The number of amides is 2. The van der Waals surface area contributed by atoms with Crippen molar-refractivity contribution >= 4 is 12.0 Å². The smallest absolute Gasteiger partial charge is 0.444 e. The maximum Gasteiger partial charge on any atom is 0.471 e. The van der Waals surface area contributed by atoms with E-state index in [1.165, 1.54) is 0 Å². The van der Waals surface area contributed by atoms with Crippen LogP contribution in [0.3, 0.4) is 0 Å². The molecule has 1 heterocycles. The van der Waals surface area contributed by atoms with Crippen LogP contribution in [0.15, 0.2) is 18.2 Å². The van der Waals surface area contributed by atoms with Gasteiger partial charge >= 0.3 is 18.2 Å². The molecule has 0 radical (unpaired) electrons. The monoisotopic (exact) mass is 402 g/mol. The van der Waals surface area contributed by atoms with E-state index in [9.17, 15) is 22.8 Å². The lowest BCUT2D eigenvalue weighted by atomic mass is 10.00. The summed E-state index contributed by atoms with van der Waals surface area (Å²) in [7, 11) is 0. The zero-order valence-corrected chi connectivity index (χ0v) is 17.1. The predicted octanol–water partition coefficient (Wildman–Crippen LogP) is 4.23. The Hall–Kier alpha value is -2.25. The molecule has 0 aromatic heterocycles. The van der Waals surface area contributed by atoms with Crippen molar-refractivity contribution in [3.8, 4) is 0 Å². The number of halogens is 3. The minimum atomic E-state index is -4.85. The molecule has 1 aliphatic rings. The van der Waals surface area contributed by atoms with Crippen molar-refractivity contribution in [2.45, 2.75) is 65.8 Å². The van der Waals surface area contributed by atoms with Gasteiger partial charge in [0.1, 0.15) is 5.60 Å². The van der Waals surface area contributed by atoms with Gasteiger partial charge in [-0.3, -0.25) is 4.79 Å². The fourth-order valence-electron chi connectivity index (χ4n) is 2.76. The maximum absolute atomic E-state index is 12.6. The Morgan fingerprint density at radius 2 is 1.64 bits per heavy atom. The molecule has 0 aliphatic carbocycles. The van der Waals surface area contributed by atoms with E-state index in [0.717, 1.165) is 21.6 Å². The van der Waals surface area contributed by atoms with Gasteiger partial charge in [-0.1, -0.05) is 32.0 Å². The van der Waals surface area contributed by atoms with E-state index in [1.807, 2.05) is 32.0 Å². The summed E-state index contributed by atoms with van der Waals surface area (Å²) in [5.74, 6) is -1.79. The molecular formula is C20H29F3N2O3. The number of hydrogen-bond donors (Lipinski definition) is 1. The van der Waals surface area contributed by atoms with Crippen LogP contribution in [0.1, 0.15) is 51.3 Å². The van der Waals surface area contributed by atoms with Crippen LogP contribution >= 0.6 is 0 Å². The molecule has 158 valence electrons. The van der Waals surface area contributed by atoms with Crippen molar-refractivity contribution in [1.82, 2.24) is 10.2 Å². The van der Waals surface area contributed by atoms with Crippen LogP contribution in [0.5, 0.6) is 0 Å². The van der Waals surface area contributed by atoms with E-state index in [4.69, 9.17) is 4.74 Å². The topological polar surface area (TPSA) is 58.6 Å². The van der Waals surface area contributed by atoms with Crippen molar-refractivity contribution in [2.24, 2.45) is 0 Å². The number of nitrogens with one attached hydrogen (secondary N) is 1. The Balaban J connectivity index is 0.00000190. The number of hydrogen-bond acceptors (Lipinski definition) is 3. The summed E-state index contributed by atoms with van der Waals surface area (Å²) in [5, 5.41) is 2.65. The average Bonchev–Trinajstić information content (AvgIpc) is 2.81. The molecule has 0 atom stereocenters. The summed E-state index contributed by atoms with van der Waals surface area (Å²) in [5.41, 5.74) is 2.05. The van der Waals surface area contributed by atoms with Crippen molar-refractivity contribution < 1.29 is 27.5 Å². The molecule has 2 amide bonds. The third-order valence-corrected chi connectivity index (χ3v) is 3.94. The van der Waals surface area contributed by atoms with Crippen molar-refractivity contribution in [3.05, 3.63) is 34.9 Å². The highest BCUT2D eigenvalue weighted by Crippen LogP contribution is 2.23. The third-order valence-electron chi connectivity index (χ3n) is 3.94. The molecule has 5 nitrogen and oxygen atoms in total. The van der Waals surface area contributed by atoms with Gasteiger partial charge < -0.3 is 15.0 Å². The molecule has 0 saturated heterocycles. The Labute approximate surface area is 164 Å². The van der Waals surface area contributed by atoms with Crippen molar-refractivity contribution in [3.63, 3.8) is 0 Å². The standard InChI is InChI=1S/C18H23F3N2O3.C2H6/c1-17(2,3)26-16(25)22-11-12-4-5-13-6-8-23(9-7-14(13)10-12)15(24)18(19,20)21;1-2/h4-5,10H,6-9,11H2,1-3H3,(H,22,25);1-2H3. The second-order valence-electron chi connectivity index (χ2n) is 7.25. The molecule has 0 unspecified atom stereocenters. The van der Waals surface area contributed by atoms with Gasteiger partial charge in [-0.05, 0) is 50.3 Å². The van der Waals surface area contributed by atoms with E-state index in [1.54, 1.807) is 20.8 Å². The van der Waals surface area contributed by atoms with Gasteiger partial charge in [0, 0.05) is 19.6 Å². The molecule has 8 heteroatoms. The Morgan fingerprint density at radius 3 is 2.18 bits per heavy atom. The number of benzene rings is 1. The summed E-state index contributed by atoms with van der Waals surface area (Å²) in [6.07, 6.45) is -4.66. The van der Waals surface area contributed by atoms with Gasteiger partial charge in [-0.25, -0.2) is 4.79 Å². The van der Waals surface area contributed by atoms with Crippen molar-refractivity contribution in [1.29, 1.82) is 0 Å². The summed E-state index contributed by atoms with van der Waals surface area (Å²) in [6.45, 7) is 9.62. The SMILES string of the molecule is CC.CC(C)(C)OC(=O)NCc1ccc2c(c1)CCN(C(=O)C(F)(F)F)CC2. The molecule has 0 bridgehead atoms. The van der Waals surface area contributed by atoms with Gasteiger partial charge in [0.2, 0.25) is 0 Å². The number of ether oxygens (including phenoxy) is 1.